The highest BCUT2D eigenvalue weighted by Crippen LogP contribution is 1.64. The molecule has 1 heteroatoms. The lowest BCUT2D eigenvalue weighted by molar-refractivity contribution is 1.53. The predicted octanol–water partition coefficient (Wildman–Crippen LogP) is 1.26. The lowest BCUT2D eigenvalue weighted by atomic mass is 10.5. The van der Waals surface area contributed by atoms with Crippen LogP contribution < -0.4 is 0 Å². The Hall–Kier alpha value is -1.47. The van der Waals surface area contributed by atoms with Crippen LogP contribution in [0.5, 0.6) is 0 Å². The molecule has 0 radical (unpaired) electrons. The maximum atomic E-state index is 7.94. The van der Waals surface area contributed by atoms with Crippen LogP contribution in [0.3, 0.4) is 0 Å². The molecule has 0 saturated heterocycles. The van der Waals surface area contributed by atoms with E-state index in [1.54, 1.807) is 0 Å². The molecule has 0 aromatic heterocycles. The van der Waals surface area contributed by atoms with E-state index in [2.05, 4.69) is 18.4 Å². The third-order valence-corrected chi connectivity index (χ3v) is 0.427. The summed E-state index contributed by atoms with van der Waals surface area (Å²) in [5.41, 5.74) is 0. The van der Waals surface area contributed by atoms with Crippen molar-refractivity contribution in [1.82, 2.24) is 0 Å². The van der Waals surface area contributed by atoms with Crippen molar-refractivity contribution in [2.45, 2.75) is 0 Å². The monoisotopic (exact) mass is 103 g/mol. The second-order valence-corrected chi connectivity index (χ2v) is 0.955. The van der Waals surface area contributed by atoms with Gasteiger partial charge in [0.25, 0.3) is 0 Å². The second-order valence-electron chi connectivity index (χ2n) is 0.955. The maximum absolute atomic E-state index is 7.94. The number of nitrogens with zero attached hydrogens (tertiary/aromatic N) is 1. The lowest BCUT2D eigenvalue weighted by Gasteiger charge is -1.57. The van der Waals surface area contributed by atoms with Crippen molar-refractivity contribution in [3.05, 3.63) is 24.8 Å². The van der Waals surface area contributed by atoms with Crippen LogP contribution in [-0.4, -0.2) is 0 Å². The molecule has 0 spiro atoms. The molecule has 8 heavy (non-hydrogen) atoms. The van der Waals surface area contributed by atoms with E-state index in [4.69, 9.17) is 5.26 Å². The zero-order chi connectivity index (χ0) is 6.24. The summed E-state index contributed by atoms with van der Waals surface area (Å²) in [6.07, 6.45) is 4.26. The number of rotatable bonds is 0. The molecule has 0 aliphatic rings. The van der Waals surface area contributed by atoms with Crippen LogP contribution in [0.2, 0.25) is 0 Å². The molecule has 0 aromatic rings. The van der Waals surface area contributed by atoms with E-state index in [1.165, 1.54) is 18.2 Å². The van der Waals surface area contributed by atoms with E-state index in [0.717, 1.165) is 0 Å². The Kier molecular flexibility index (Phi) is 4.51. The molecular weight excluding hydrogens is 98.1 g/mol. The van der Waals surface area contributed by atoms with Crippen LogP contribution in [0.1, 0.15) is 0 Å². The summed E-state index contributed by atoms with van der Waals surface area (Å²) in [4.78, 5) is 0. The minimum atomic E-state index is 1.32. The van der Waals surface area contributed by atoms with Gasteiger partial charge in [0.1, 0.15) is 0 Å². The van der Waals surface area contributed by atoms with Gasteiger partial charge in [0, 0.05) is 6.08 Å². The van der Waals surface area contributed by atoms with Crippen molar-refractivity contribution >= 4 is 0 Å². The van der Waals surface area contributed by atoms with Crippen LogP contribution in [0.25, 0.3) is 0 Å². The van der Waals surface area contributed by atoms with E-state index < -0.39 is 0 Å². The molecule has 0 rings (SSSR count). The van der Waals surface area contributed by atoms with E-state index in [9.17, 15) is 0 Å². The first-order chi connectivity index (χ1) is 3.91. The molecular formula is C7H5N. The van der Waals surface area contributed by atoms with Crippen molar-refractivity contribution in [3.8, 4) is 17.9 Å². The molecule has 0 aliphatic carbocycles. The van der Waals surface area contributed by atoms with E-state index >= 15 is 0 Å². The van der Waals surface area contributed by atoms with Gasteiger partial charge in [-0.2, -0.15) is 5.26 Å². The fraction of sp³-hybridized carbons (Fsp3) is 0. The first kappa shape index (κ1) is 6.53. The second kappa shape index (κ2) is 5.53. The summed E-state index contributed by atoms with van der Waals surface area (Å²) >= 11 is 0. The highest BCUT2D eigenvalue weighted by atomic mass is 14.2. The normalized spacial score (nSPS) is 6.88. The van der Waals surface area contributed by atoms with Crippen LogP contribution in [-0.2, 0) is 0 Å². The van der Waals surface area contributed by atoms with Gasteiger partial charge in [0.2, 0.25) is 0 Å². The molecule has 0 amide bonds. The van der Waals surface area contributed by atoms with Gasteiger partial charge in [-0.15, -0.1) is 0 Å². The Labute approximate surface area is 48.9 Å². The zero-order valence-electron chi connectivity index (χ0n) is 4.39. The standard InChI is InChI=1S/C7H5N/c1-2-3-4-5-6-7-8/h2,5-6H,1H2. The van der Waals surface area contributed by atoms with Gasteiger partial charge in [-0.05, 0) is 12.2 Å². The van der Waals surface area contributed by atoms with Gasteiger partial charge in [0.15, 0.2) is 0 Å². The Morgan fingerprint density at radius 3 is 2.50 bits per heavy atom. The summed E-state index contributed by atoms with van der Waals surface area (Å²) in [7, 11) is 0. The minimum Gasteiger partial charge on any atom is -0.193 e. The summed E-state index contributed by atoms with van der Waals surface area (Å²) in [5, 5.41) is 7.94. The molecule has 0 saturated carbocycles. The SMILES string of the molecule is C=CC#CC=CC#N. The van der Waals surface area contributed by atoms with Crippen molar-refractivity contribution in [1.29, 1.82) is 5.26 Å². The van der Waals surface area contributed by atoms with Crippen molar-refractivity contribution < 1.29 is 0 Å². The van der Waals surface area contributed by atoms with E-state index in [0.29, 0.717) is 0 Å². The van der Waals surface area contributed by atoms with E-state index in [1.807, 2.05) is 6.07 Å². The molecule has 0 N–H and O–H groups in total. The largest absolute Gasteiger partial charge is 0.193 e. The van der Waals surface area contributed by atoms with Crippen LogP contribution >= 0.6 is 0 Å². The molecule has 0 aliphatic heterocycles. The Morgan fingerprint density at radius 2 is 2.00 bits per heavy atom. The zero-order valence-corrected chi connectivity index (χ0v) is 4.39. The van der Waals surface area contributed by atoms with Gasteiger partial charge < -0.3 is 0 Å². The summed E-state index contributed by atoms with van der Waals surface area (Å²) in [5.74, 6) is 5.12. The van der Waals surface area contributed by atoms with Gasteiger partial charge in [-0.1, -0.05) is 18.4 Å². The van der Waals surface area contributed by atoms with Gasteiger partial charge in [-0.3, -0.25) is 0 Å². The van der Waals surface area contributed by atoms with Crippen molar-refractivity contribution in [2.75, 3.05) is 0 Å². The average Bonchev–Trinajstić information content (AvgIpc) is 1.81. The average molecular weight is 103 g/mol. The molecule has 38 valence electrons. The number of hydrogen-bond donors (Lipinski definition) is 0. The van der Waals surface area contributed by atoms with Gasteiger partial charge in [-0.25, -0.2) is 0 Å². The van der Waals surface area contributed by atoms with Gasteiger partial charge in [0.05, 0.1) is 6.07 Å². The Balaban J connectivity index is 3.61. The first-order valence-electron chi connectivity index (χ1n) is 2.08. The van der Waals surface area contributed by atoms with Crippen molar-refractivity contribution in [2.24, 2.45) is 0 Å². The van der Waals surface area contributed by atoms with Crippen LogP contribution in [0.15, 0.2) is 24.8 Å². The van der Waals surface area contributed by atoms with Crippen LogP contribution in [0.4, 0.5) is 0 Å². The van der Waals surface area contributed by atoms with E-state index in [-0.39, 0.29) is 0 Å². The first-order valence-corrected chi connectivity index (χ1v) is 2.08. The molecule has 0 bridgehead atoms. The lowest BCUT2D eigenvalue weighted by Crippen LogP contribution is -1.46. The quantitative estimate of drug-likeness (QED) is 0.334. The molecule has 0 unspecified atom stereocenters. The molecule has 0 atom stereocenters. The van der Waals surface area contributed by atoms with Crippen LogP contribution in [0, 0.1) is 23.2 Å². The minimum absolute atomic E-state index is 1.32. The third kappa shape index (κ3) is 4.53. The molecule has 0 heterocycles. The van der Waals surface area contributed by atoms with Crippen molar-refractivity contribution in [3.63, 3.8) is 0 Å². The summed E-state index contributed by atoms with van der Waals surface area (Å²) in [6.45, 7) is 3.37. The third-order valence-electron chi connectivity index (χ3n) is 0.427. The number of allylic oxidation sites excluding steroid dienone is 3. The maximum Gasteiger partial charge on any atom is 0.0918 e. The fourth-order valence-corrected chi connectivity index (χ4v) is 0.186. The smallest absolute Gasteiger partial charge is 0.0918 e. The predicted molar refractivity (Wildman–Crippen MR) is 32.7 cm³/mol. The highest BCUT2D eigenvalue weighted by Gasteiger charge is 1.54. The highest BCUT2D eigenvalue weighted by molar-refractivity contribution is 5.24. The Morgan fingerprint density at radius 1 is 1.25 bits per heavy atom. The molecule has 0 aromatic carbocycles. The van der Waals surface area contributed by atoms with Gasteiger partial charge >= 0.3 is 0 Å². The number of nitriles is 1. The summed E-state index contributed by atoms with van der Waals surface area (Å²) in [6, 6.07) is 1.81. The summed E-state index contributed by atoms with van der Waals surface area (Å²) < 4.78 is 0. The molecule has 1 nitrogen and oxygen atoms in total. The molecule has 0 fully saturated rings. The topological polar surface area (TPSA) is 23.8 Å². The fourth-order valence-electron chi connectivity index (χ4n) is 0.186. The number of hydrogen-bond acceptors (Lipinski definition) is 1. The Bertz CT molecular complexity index is 183.